The minimum absolute atomic E-state index is 0.0318. The van der Waals surface area contributed by atoms with Crippen molar-refractivity contribution in [2.45, 2.75) is 32.4 Å². The number of nitrogens with zero attached hydrogens (tertiary/aromatic N) is 4. The Bertz CT molecular complexity index is 725. The SMILES string of the molecule is C[C@@H](c1ccccc1)N1Cc2nc(N3CCCC3)ncc2C1=O. The summed E-state index contributed by atoms with van der Waals surface area (Å²) in [5, 5.41) is 0. The number of anilines is 1. The molecule has 0 bridgehead atoms. The maximum atomic E-state index is 12.7. The van der Waals surface area contributed by atoms with Gasteiger partial charge in [0.15, 0.2) is 0 Å². The molecule has 0 aliphatic carbocycles. The Morgan fingerprint density at radius 3 is 2.61 bits per heavy atom. The third-order valence-corrected chi connectivity index (χ3v) is 4.80. The fourth-order valence-corrected chi connectivity index (χ4v) is 3.39. The van der Waals surface area contributed by atoms with Crippen LogP contribution < -0.4 is 4.90 Å². The van der Waals surface area contributed by atoms with Crippen molar-refractivity contribution in [1.82, 2.24) is 14.9 Å². The number of carbonyl (C=O) groups excluding carboxylic acids is 1. The van der Waals surface area contributed by atoms with Crippen molar-refractivity contribution in [2.24, 2.45) is 0 Å². The number of fused-ring (bicyclic) bond motifs is 1. The first-order chi connectivity index (χ1) is 11.2. The molecule has 0 spiro atoms. The highest BCUT2D eigenvalue weighted by Gasteiger charge is 2.33. The normalized spacial score (nSPS) is 18.4. The second-order valence-electron chi connectivity index (χ2n) is 6.24. The van der Waals surface area contributed by atoms with Gasteiger partial charge < -0.3 is 9.80 Å². The molecule has 1 atom stereocenters. The van der Waals surface area contributed by atoms with Gasteiger partial charge in [-0.15, -0.1) is 0 Å². The van der Waals surface area contributed by atoms with Crippen molar-refractivity contribution < 1.29 is 4.79 Å². The predicted molar refractivity (Wildman–Crippen MR) is 88.2 cm³/mol. The third-order valence-electron chi connectivity index (χ3n) is 4.80. The van der Waals surface area contributed by atoms with E-state index in [9.17, 15) is 4.79 Å². The van der Waals surface area contributed by atoms with E-state index in [-0.39, 0.29) is 11.9 Å². The molecule has 1 saturated heterocycles. The Morgan fingerprint density at radius 2 is 1.87 bits per heavy atom. The number of rotatable bonds is 3. The van der Waals surface area contributed by atoms with Crippen molar-refractivity contribution >= 4 is 11.9 Å². The highest BCUT2D eigenvalue weighted by atomic mass is 16.2. The molecule has 2 aliphatic heterocycles. The molecule has 1 aromatic heterocycles. The van der Waals surface area contributed by atoms with Crippen LogP contribution >= 0.6 is 0 Å². The molecule has 1 aromatic carbocycles. The largest absolute Gasteiger partial charge is 0.341 e. The van der Waals surface area contributed by atoms with Crippen molar-refractivity contribution in [2.75, 3.05) is 18.0 Å². The van der Waals surface area contributed by atoms with Gasteiger partial charge in [0.1, 0.15) is 0 Å². The Morgan fingerprint density at radius 1 is 1.13 bits per heavy atom. The molecule has 4 rings (SSSR count). The summed E-state index contributed by atoms with van der Waals surface area (Å²) in [4.78, 5) is 25.8. The summed E-state index contributed by atoms with van der Waals surface area (Å²) in [7, 11) is 0. The number of hydrogen-bond acceptors (Lipinski definition) is 4. The van der Waals surface area contributed by atoms with E-state index in [0.29, 0.717) is 12.1 Å². The van der Waals surface area contributed by atoms with Crippen molar-refractivity contribution in [3.05, 3.63) is 53.3 Å². The molecule has 0 saturated carbocycles. The number of aromatic nitrogens is 2. The fraction of sp³-hybridized carbons (Fsp3) is 0.389. The zero-order chi connectivity index (χ0) is 15.8. The van der Waals surface area contributed by atoms with Gasteiger partial charge in [0.05, 0.1) is 23.8 Å². The summed E-state index contributed by atoms with van der Waals surface area (Å²) in [5.41, 5.74) is 2.65. The quantitative estimate of drug-likeness (QED) is 0.875. The van der Waals surface area contributed by atoms with Gasteiger partial charge in [-0.2, -0.15) is 0 Å². The van der Waals surface area contributed by atoms with Gasteiger partial charge in [-0.3, -0.25) is 4.79 Å². The van der Waals surface area contributed by atoms with Crippen LogP contribution in [0.2, 0.25) is 0 Å². The van der Waals surface area contributed by atoms with Crippen LogP contribution in [0.3, 0.4) is 0 Å². The van der Waals surface area contributed by atoms with Crippen LogP contribution in [0.15, 0.2) is 36.5 Å². The van der Waals surface area contributed by atoms with Gasteiger partial charge in [-0.1, -0.05) is 30.3 Å². The molecule has 118 valence electrons. The minimum atomic E-state index is 0.0318. The van der Waals surface area contributed by atoms with E-state index in [1.807, 2.05) is 23.1 Å². The molecule has 5 heteroatoms. The summed E-state index contributed by atoms with van der Waals surface area (Å²) in [6.45, 7) is 4.65. The zero-order valence-electron chi connectivity index (χ0n) is 13.3. The lowest BCUT2D eigenvalue weighted by molar-refractivity contribution is 0.0715. The first-order valence-electron chi connectivity index (χ1n) is 8.21. The summed E-state index contributed by atoms with van der Waals surface area (Å²) >= 11 is 0. The van der Waals surface area contributed by atoms with E-state index in [0.717, 1.165) is 30.3 Å². The first kappa shape index (κ1) is 14.2. The third kappa shape index (κ3) is 2.46. The Kier molecular flexibility index (Phi) is 3.48. The fourth-order valence-electron chi connectivity index (χ4n) is 3.39. The van der Waals surface area contributed by atoms with Gasteiger partial charge in [0, 0.05) is 19.3 Å². The lowest BCUT2D eigenvalue weighted by atomic mass is 10.1. The molecule has 1 amide bonds. The van der Waals surface area contributed by atoms with E-state index < -0.39 is 0 Å². The van der Waals surface area contributed by atoms with E-state index in [1.54, 1.807) is 6.20 Å². The molecule has 0 radical (unpaired) electrons. The topological polar surface area (TPSA) is 49.3 Å². The molecular formula is C18H20N4O. The monoisotopic (exact) mass is 308 g/mol. The van der Waals surface area contributed by atoms with Crippen LogP contribution in [-0.2, 0) is 6.54 Å². The summed E-state index contributed by atoms with van der Waals surface area (Å²) in [6, 6.07) is 10.2. The van der Waals surface area contributed by atoms with Gasteiger partial charge >= 0.3 is 0 Å². The first-order valence-corrected chi connectivity index (χ1v) is 8.21. The number of hydrogen-bond donors (Lipinski definition) is 0. The van der Waals surface area contributed by atoms with Crippen LogP contribution in [0, 0.1) is 0 Å². The Hall–Kier alpha value is -2.43. The molecule has 3 heterocycles. The Labute approximate surface area is 136 Å². The number of carbonyl (C=O) groups is 1. The number of benzene rings is 1. The maximum absolute atomic E-state index is 12.7. The summed E-state index contributed by atoms with van der Waals surface area (Å²) in [6.07, 6.45) is 4.09. The van der Waals surface area contributed by atoms with E-state index >= 15 is 0 Å². The van der Waals surface area contributed by atoms with E-state index in [2.05, 4.69) is 33.9 Å². The average molecular weight is 308 g/mol. The second-order valence-corrected chi connectivity index (χ2v) is 6.24. The van der Waals surface area contributed by atoms with Crippen LogP contribution in [0.1, 0.15) is 47.4 Å². The lowest BCUT2D eigenvalue weighted by Gasteiger charge is -2.24. The van der Waals surface area contributed by atoms with Gasteiger partial charge in [0.2, 0.25) is 5.95 Å². The average Bonchev–Trinajstić information content (AvgIpc) is 3.23. The Balaban J connectivity index is 1.60. The highest BCUT2D eigenvalue weighted by Crippen LogP contribution is 2.31. The molecule has 23 heavy (non-hydrogen) atoms. The molecule has 2 aromatic rings. The van der Waals surface area contributed by atoms with Gasteiger partial charge in [-0.05, 0) is 25.3 Å². The molecule has 0 unspecified atom stereocenters. The van der Waals surface area contributed by atoms with Crippen molar-refractivity contribution in [3.63, 3.8) is 0 Å². The molecule has 1 fully saturated rings. The zero-order valence-corrected chi connectivity index (χ0v) is 13.3. The molecule has 0 N–H and O–H groups in total. The van der Waals surface area contributed by atoms with Gasteiger partial charge in [-0.25, -0.2) is 9.97 Å². The second kappa shape index (κ2) is 5.65. The smallest absolute Gasteiger partial charge is 0.258 e. The van der Waals surface area contributed by atoms with Crippen LogP contribution in [0.4, 0.5) is 5.95 Å². The van der Waals surface area contributed by atoms with E-state index in [1.165, 1.54) is 12.8 Å². The minimum Gasteiger partial charge on any atom is -0.341 e. The predicted octanol–water partition coefficient (Wildman–Crippen LogP) is 2.79. The van der Waals surface area contributed by atoms with E-state index in [4.69, 9.17) is 0 Å². The van der Waals surface area contributed by atoms with Crippen molar-refractivity contribution in [3.8, 4) is 0 Å². The standard InChI is InChI=1S/C18H20N4O/c1-13(14-7-3-2-4-8-14)22-12-16-15(17(22)23)11-19-18(20-16)21-9-5-6-10-21/h2-4,7-8,11,13H,5-6,9-10,12H2,1H3/t13-/m0/s1. The molecule has 2 aliphatic rings. The number of amides is 1. The van der Waals surface area contributed by atoms with Crippen LogP contribution in [0.25, 0.3) is 0 Å². The maximum Gasteiger partial charge on any atom is 0.258 e. The van der Waals surface area contributed by atoms with Gasteiger partial charge in [0.25, 0.3) is 5.91 Å². The summed E-state index contributed by atoms with van der Waals surface area (Å²) in [5.74, 6) is 0.799. The summed E-state index contributed by atoms with van der Waals surface area (Å²) < 4.78 is 0. The van der Waals surface area contributed by atoms with Crippen molar-refractivity contribution in [1.29, 1.82) is 0 Å². The molecule has 5 nitrogen and oxygen atoms in total. The van der Waals surface area contributed by atoms with Crippen LogP contribution in [0.5, 0.6) is 0 Å². The lowest BCUT2D eigenvalue weighted by Crippen LogP contribution is -2.27. The van der Waals surface area contributed by atoms with Crippen LogP contribution in [-0.4, -0.2) is 33.9 Å². The highest BCUT2D eigenvalue weighted by molar-refractivity contribution is 5.97. The molecular weight excluding hydrogens is 288 g/mol.